The lowest BCUT2D eigenvalue weighted by atomic mass is 9.98. The van der Waals surface area contributed by atoms with Crippen molar-refractivity contribution in [2.75, 3.05) is 13.6 Å². The molecule has 26 heavy (non-hydrogen) atoms. The Balaban J connectivity index is 2.77. The molecule has 0 saturated carbocycles. The van der Waals surface area contributed by atoms with Crippen LogP contribution < -0.4 is 5.44 Å². The van der Waals surface area contributed by atoms with Gasteiger partial charge in [-0.15, -0.1) is 5.10 Å². The van der Waals surface area contributed by atoms with E-state index >= 15 is 0 Å². The van der Waals surface area contributed by atoms with Crippen LogP contribution in [0, 0.1) is 10.8 Å². The predicted octanol–water partition coefficient (Wildman–Crippen LogP) is 1.76. The van der Waals surface area contributed by atoms with E-state index in [9.17, 15) is 14.2 Å². The minimum Gasteiger partial charge on any atom is -0.438 e. The Morgan fingerprint density at radius 3 is 1.73 bits per heavy atom. The molecule has 11 heteroatoms. The van der Waals surface area contributed by atoms with Gasteiger partial charge in [0.25, 0.3) is 0 Å². The first-order chi connectivity index (χ1) is 11.8. The molecule has 0 spiro atoms. The predicted molar refractivity (Wildman–Crippen MR) is 91.2 cm³/mol. The van der Waals surface area contributed by atoms with Gasteiger partial charge in [0, 0.05) is 7.05 Å². The van der Waals surface area contributed by atoms with E-state index in [1.807, 2.05) is 0 Å². The zero-order valence-electron chi connectivity index (χ0n) is 16.1. The maximum Gasteiger partial charge on any atom is 0.388 e. The van der Waals surface area contributed by atoms with Crippen LogP contribution in [0.5, 0.6) is 0 Å². The first-order valence-electron chi connectivity index (χ1n) is 7.86. The molecule has 0 unspecified atom stereocenters. The molecule has 0 aliphatic heterocycles. The molecule has 0 radical (unpaired) electrons. The third kappa shape index (κ3) is 6.51. The lowest BCUT2D eigenvalue weighted by Crippen LogP contribution is -2.26. The fraction of sp³-hybridized carbons (Fsp3) is 0.733. The van der Waals surface area contributed by atoms with Crippen LogP contribution in [0.4, 0.5) is 0 Å². The van der Waals surface area contributed by atoms with Gasteiger partial charge >= 0.3 is 19.5 Å². The molecule has 1 heterocycles. The molecular formula is C15H26N3O7P. The fourth-order valence-corrected chi connectivity index (χ4v) is 2.54. The van der Waals surface area contributed by atoms with E-state index in [1.54, 1.807) is 48.6 Å². The van der Waals surface area contributed by atoms with Gasteiger partial charge in [0.15, 0.2) is 5.44 Å². The second-order valence-electron chi connectivity index (χ2n) is 7.61. The van der Waals surface area contributed by atoms with E-state index in [0.29, 0.717) is 0 Å². The van der Waals surface area contributed by atoms with E-state index in [-0.39, 0.29) is 5.44 Å². The van der Waals surface area contributed by atoms with Crippen molar-refractivity contribution in [1.29, 1.82) is 0 Å². The van der Waals surface area contributed by atoms with Crippen LogP contribution in [-0.2, 0) is 39.7 Å². The Morgan fingerprint density at radius 1 is 1.00 bits per heavy atom. The zero-order chi connectivity index (χ0) is 20.2. The molecule has 0 amide bonds. The topological polar surface area (TPSA) is 119 Å². The highest BCUT2D eigenvalue weighted by Gasteiger charge is 2.34. The highest BCUT2D eigenvalue weighted by atomic mass is 31.2. The van der Waals surface area contributed by atoms with E-state index in [1.165, 1.54) is 10.9 Å². The Morgan fingerprint density at radius 2 is 1.42 bits per heavy atom. The summed E-state index contributed by atoms with van der Waals surface area (Å²) in [6.07, 6.45) is 1.33. The van der Waals surface area contributed by atoms with Crippen molar-refractivity contribution in [3.8, 4) is 0 Å². The average Bonchev–Trinajstić information content (AvgIpc) is 2.92. The van der Waals surface area contributed by atoms with E-state index in [0.717, 1.165) is 0 Å². The quantitative estimate of drug-likeness (QED) is 0.389. The van der Waals surface area contributed by atoms with Gasteiger partial charge in [-0.25, -0.2) is 0 Å². The molecule has 0 N–H and O–H groups in total. The molecular weight excluding hydrogens is 365 g/mol. The second-order valence-corrected chi connectivity index (χ2v) is 9.57. The number of esters is 2. The highest BCUT2D eigenvalue weighted by molar-refractivity contribution is 7.61. The number of rotatable bonds is 7. The maximum absolute atomic E-state index is 12.9. The molecule has 148 valence electrons. The molecule has 1 aromatic rings. The van der Waals surface area contributed by atoms with Crippen molar-refractivity contribution in [1.82, 2.24) is 15.0 Å². The number of aromatic nitrogens is 3. The van der Waals surface area contributed by atoms with Gasteiger partial charge in [0.2, 0.25) is 13.6 Å². The van der Waals surface area contributed by atoms with Crippen molar-refractivity contribution in [3.63, 3.8) is 0 Å². The lowest BCUT2D eigenvalue weighted by molar-refractivity contribution is -0.161. The first kappa shape index (κ1) is 22.3. The summed E-state index contributed by atoms with van der Waals surface area (Å²) >= 11 is 0. The molecule has 0 fully saturated rings. The van der Waals surface area contributed by atoms with Crippen LogP contribution in [0.1, 0.15) is 41.5 Å². The number of hydrogen-bond acceptors (Lipinski definition) is 9. The van der Waals surface area contributed by atoms with Crippen LogP contribution >= 0.6 is 7.60 Å². The van der Waals surface area contributed by atoms with Crippen LogP contribution in [0.25, 0.3) is 0 Å². The Kier molecular flexibility index (Phi) is 7.09. The summed E-state index contributed by atoms with van der Waals surface area (Å²) < 4.78 is 34.4. The van der Waals surface area contributed by atoms with Gasteiger partial charge in [0.1, 0.15) is 0 Å². The largest absolute Gasteiger partial charge is 0.438 e. The number of ether oxygens (including phenoxy) is 2. The van der Waals surface area contributed by atoms with Gasteiger partial charge in [-0.2, -0.15) is 0 Å². The Bertz CT molecular complexity index is 652. The SMILES string of the molecule is Cn1cc(P(=O)(OCOC(=O)C(C)(C)C)OCOC(=O)C(C)(C)C)nn1. The van der Waals surface area contributed by atoms with Crippen LogP contribution in [0.15, 0.2) is 6.20 Å². The van der Waals surface area contributed by atoms with Crippen molar-refractivity contribution >= 4 is 25.0 Å². The smallest absolute Gasteiger partial charge is 0.388 e. The Hall–Kier alpha value is -1.77. The summed E-state index contributed by atoms with van der Waals surface area (Å²) in [7, 11) is -2.45. The summed E-state index contributed by atoms with van der Waals surface area (Å²) in [4.78, 5) is 23.5. The maximum atomic E-state index is 12.9. The minimum absolute atomic E-state index is 0.0985. The molecule has 0 bridgehead atoms. The van der Waals surface area contributed by atoms with Crippen molar-refractivity contribution < 1.29 is 32.7 Å². The van der Waals surface area contributed by atoms with Crippen LogP contribution in [0.3, 0.4) is 0 Å². The minimum atomic E-state index is -4.02. The summed E-state index contributed by atoms with van der Waals surface area (Å²) in [5.41, 5.74) is -1.59. The van der Waals surface area contributed by atoms with Crippen molar-refractivity contribution in [3.05, 3.63) is 6.20 Å². The van der Waals surface area contributed by atoms with Gasteiger partial charge in [-0.05, 0) is 41.5 Å². The molecule has 0 aliphatic rings. The molecule has 0 aromatic carbocycles. The molecule has 0 saturated heterocycles. The highest BCUT2D eigenvalue weighted by Crippen LogP contribution is 2.46. The third-order valence-corrected chi connectivity index (χ3v) is 4.58. The summed E-state index contributed by atoms with van der Waals surface area (Å²) in [6, 6.07) is 0. The van der Waals surface area contributed by atoms with Crippen LogP contribution in [0.2, 0.25) is 0 Å². The monoisotopic (exact) mass is 391 g/mol. The third-order valence-electron chi connectivity index (χ3n) is 2.92. The number of carbonyl (C=O) groups excluding carboxylic acids is 2. The van der Waals surface area contributed by atoms with Gasteiger partial charge < -0.3 is 9.47 Å². The number of nitrogens with zero attached hydrogens (tertiary/aromatic N) is 3. The number of aryl methyl sites for hydroxylation is 1. The first-order valence-corrected chi connectivity index (χ1v) is 9.40. The molecule has 0 aliphatic carbocycles. The fourth-order valence-electron chi connectivity index (χ4n) is 1.36. The van der Waals surface area contributed by atoms with E-state index < -0.39 is 44.0 Å². The van der Waals surface area contributed by atoms with E-state index in [4.69, 9.17) is 18.5 Å². The summed E-state index contributed by atoms with van der Waals surface area (Å²) in [5.74, 6) is -1.08. The molecule has 0 atom stereocenters. The summed E-state index contributed by atoms with van der Waals surface area (Å²) in [5, 5.41) is 7.37. The van der Waals surface area contributed by atoms with Crippen molar-refractivity contribution in [2.45, 2.75) is 41.5 Å². The molecule has 1 aromatic heterocycles. The second kappa shape index (κ2) is 8.28. The summed E-state index contributed by atoms with van der Waals surface area (Å²) in [6.45, 7) is 8.77. The van der Waals surface area contributed by atoms with Gasteiger partial charge in [-0.1, -0.05) is 5.21 Å². The molecule has 10 nitrogen and oxygen atoms in total. The standard InChI is InChI=1S/C15H26N3O7P/c1-14(2,3)12(19)22-9-24-26(21,11-8-18(7)17-16-11)25-10-23-13(20)15(4,5)6/h8H,9-10H2,1-7H3. The number of carbonyl (C=O) groups is 2. The van der Waals surface area contributed by atoms with Gasteiger partial charge in [0.05, 0.1) is 17.0 Å². The Labute approximate surface area is 152 Å². The zero-order valence-corrected chi connectivity index (χ0v) is 17.0. The van der Waals surface area contributed by atoms with Crippen LogP contribution in [-0.4, -0.2) is 40.5 Å². The normalized spacial score (nSPS) is 12.7. The average molecular weight is 391 g/mol. The lowest BCUT2D eigenvalue weighted by Gasteiger charge is -2.20. The van der Waals surface area contributed by atoms with Crippen molar-refractivity contribution in [2.24, 2.45) is 17.9 Å². The molecule has 1 rings (SSSR count). The van der Waals surface area contributed by atoms with E-state index in [2.05, 4.69) is 10.3 Å². The number of hydrogen-bond donors (Lipinski definition) is 0. The van der Waals surface area contributed by atoms with Gasteiger partial charge in [-0.3, -0.25) is 27.9 Å².